The molecule has 0 unspecified atom stereocenters. The second-order valence-electron chi connectivity index (χ2n) is 13.0. The van der Waals surface area contributed by atoms with Crippen molar-refractivity contribution < 1.29 is 20.4 Å². The third-order valence-corrected chi connectivity index (χ3v) is 7.14. The predicted molar refractivity (Wildman–Crippen MR) is 199 cm³/mol. The molecule has 0 rings (SSSR count). The standard InChI is InChI=1S/4C9H18O.3CH4/c4*1-5-8(4)6-9(10)7(2)3;;;/h4*5,7-10H,1,6H2,2-4H3;3*1H4/t2*8-,9+;2*8-,9-;;;/m1010.../s1. The Morgan fingerprint density at radius 3 is 0.535 bits per heavy atom. The quantitative estimate of drug-likeness (QED) is 0.130. The molecule has 0 aromatic carbocycles. The molecular formula is C39H84O4. The lowest BCUT2D eigenvalue weighted by Crippen LogP contribution is -2.17. The maximum absolute atomic E-state index is 9.38. The van der Waals surface area contributed by atoms with Gasteiger partial charge in [0, 0.05) is 0 Å². The second-order valence-corrected chi connectivity index (χ2v) is 13.0. The van der Waals surface area contributed by atoms with E-state index in [-0.39, 0.29) is 46.7 Å². The summed E-state index contributed by atoms with van der Waals surface area (Å²) in [5.74, 6) is 3.17. The third kappa shape index (κ3) is 40.8. The summed E-state index contributed by atoms with van der Waals surface area (Å²) in [6, 6.07) is 0. The largest absolute Gasteiger partial charge is 0.393 e. The molecule has 0 amide bonds. The first kappa shape index (κ1) is 57.5. The van der Waals surface area contributed by atoms with E-state index in [0.717, 1.165) is 25.7 Å². The minimum Gasteiger partial charge on any atom is -0.393 e. The highest BCUT2D eigenvalue weighted by Gasteiger charge is 2.13. The van der Waals surface area contributed by atoms with E-state index in [1.807, 2.05) is 79.7 Å². The topological polar surface area (TPSA) is 80.9 Å². The van der Waals surface area contributed by atoms with Crippen molar-refractivity contribution in [1.29, 1.82) is 0 Å². The van der Waals surface area contributed by atoms with E-state index in [1.165, 1.54) is 0 Å². The number of hydrogen-bond donors (Lipinski definition) is 4. The molecule has 0 saturated heterocycles. The van der Waals surface area contributed by atoms with E-state index in [2.05, 4.69) is 54.0 Å². The van der Waals surface area contributed by atoms with E-state index in [0.29, 0.717) is 47.3 Å². The second kappa shape index (κ2) is 35.3. The summed E-state index contributed by atoms with van der Waals surface area (Å²) in [7, 11) is 0. The van der Waals surface area contributed by atoms with Crippen molar-refractivity contribution in [2.75, 3.05) is 0 Å². The Balaban J connectivity index is -0.0000000785. The van der Waals surface area contributed by atoms with Gasteiger partial charge in [0.15, 0.2) is 0 Å². The first-order valence-electron chi connectivity index (χ1n) is 15.5. The normalized spacial score (nSPS) is 15.7. The molecule has 4 heteroatoms. The lowest BCUT2D eigenvalue weighted by atomic mass is 9.96. The van der Waals surface area contributed by atoms with Gasteiger partial charge in [-0.2, -0.15) is 0 Å². The fraction of sp³-hybridized carbons (Fsp3) is 0.795. The molecule has 0 aromatic rings. The zero-order chi connectivity index (χ0) is 32.6. The van der Waals surface area contributed by atoms with Gasteiger partial charge in [0.05, 0.1) is 24.4 Å². The molecule has 43 heavy (non-hydrogen) atoms. The van der Waals surface area contributed by atoms with Gasteiger partial charge in [0.2, 0.25) is 0 Å². The molecule has 264 valence electrons. The molecule has 4 N–H and O–H groups in total. The van der Waals surface area contributed by atoms with Crippen LogP contribution in [-0.2, 0) is 0 Å². The Bertz CT molecular complexity index is 492. The molecule has 0 aliphatic carbocycles. The summed E-state index contributed by atoms with van der Waals surface area (Å²) < 4.78 is 0. The first-order chi connectivity index (χ1) is 18.3. The lowest BCUT2D eigenvalue weighted by molar-refractivity contribution is 0.106. The number of aliphatic hydroxyl groups is 4. The summed E-state index contributed by atoms with van der Waals surface area (Å²) in [4.78, 5) is 0. The van der Waals surface area contributed by atoms with Crippen LogP contribution in [0.5, 0.6) is 0 Å². The van der Waals surface area contributed by atoms with Crippen LogP contribution >= 0.6 is 0 Å². The summed E-state index contributed by atoms with van der Waals surface area (Å²) in [6.07, 6.45) is 10.2. The van der Waals surface area contributed by atoms with Gasteiger partial charge >= 0.3 is 0 Å². The van der Waals surface area contributed by atoms with Crippen molar-refractivity contribution in [1.82, 2.24) is 0 Å². The predicted octanol–water partition coefficient (Wildman–Crippen LogP) is 10.8. The highest BCUT2D eigenvalue weighted by atomic mass is 16.3. The Kier molecular flexibility index (Phi) is 47.1. The van der Waals surface area contributed by atoms with Crippen molar-refractivity contribution >= 4 is 0 Å². The SMILES string of the molecule is C.C.C.C=C[C@@H](C)C[C@@H](O)C(C)C.C=C[C@@H](C)C[C@H](O)C(C)C.C=C[C@H](C)C[C@@H](O)C(C)C.C=C[C@H](C)C[C@H](O)C(C)C. The summed E-state index contributed by atoms with van der Waals surface area (Å²) in [5.41, 5.74) is 0. The van der Waals surface area contributed by atoms with Crippen LogP contribution in [0.1, 0.15) is 131 Å². The maximum atomic E-state index is 9.38. The monoisotopic (exact) mass is 617 g/mol. The van der Waals surface area contributed by atoms with Gasteiger partial charge in [-0.25, -0.2) is 0 Å². The highest BCUT2D eigenvalue weighted by molar-refractivity contribution is 4.80. The van der Waals surface area contributed by atoms with E-state index in [4.69, 9.17) is 0 Å². The Morgan fingerprint density at radius 1 is 0.349 bits per heavy atom. The van der Waals surface area contributed by atoms with Gasteiger partial charge in [-0.3, -0.25) is 0 Å². The van der Waals surface area contributed by atoms with Crippen molar-refractivity contribution in [3.8, 4) is 0 Å². The molecule has 0 bridgehead atoms. The molecule has 4 nitrogen and oxygen atoms in total. The summed E-state index contributed by atoms with van der Waals surface area (Å²) in [5, 5.41) is 37.5. The van der Waals surface area contributed by atoms with Crippen LogP contribution in [0, 0.1) is 47.3 Å². The fourth-order valence-electron chi connectivity index (χ4n) is 3.00. The van der Waals surface area contributed by atoms with Crippen molar-refractivity contribution in [2.45, 2.75) is 155 Å². The molecule has 0 heterocycles. The highest BCUT2D eigenvalue weighted by Crippen LogP contribution is 2.15. The zero-order valence-corrected chi connectivity index (χ0v) is 28.7. The van der Waals surface area contributed by atoms with Crippen LogP contribution in [0.25, 0.3) is 0 Å². The summed E-state index contributed by atoms with van der Waals surface area (Å²) >= 11 is 0. The molecule has 0 aromatic heterocycles. The number of aliphatic hydroxyl groups excluding tert-OH is 4. The first-order valence-corrected chi connectivity index (χ1v) is 15.5. The third-order valence-electron chi connectivity index (χ3n) is 7.14. The van der Waals surface area contributed by atoms with Gasteiger partial charge in [-0.1, -0.05) is 130 Å². The smallest absolute Gasteiger partial charge is 0.0568 e. The number of allylic oxidation sites excluding steroid dienone is 4. The molecule has 0 fully saturated rings. The average Bonchev–Trinajstić information content (AvgIpc) is 2.88. The van der Waals surface area contributed by atoms with Crippen molar-refractivity contribution in [2.24, 2.45) is 47.3 Å². The number of hydrogen-bond acceptors (Lipinski definition) is 4. The molecule has 0 aliphatic rings. The van der Waals surface area contributed by atoms with E-state index in [1.54, 1.807) is 0 Å². The minimum atomic E-state index is -0.173. The average molecular weight is 617 g/mol. The lowest BCUT2D eigenvalue weighted by Gasteiger charge is -2.16. The molecular weight excluding hydrogens is 532 g/mol. The molecule has 0 spiro atoms. The van der Waals surface area contributed by atoms with Gasteiger partial charge in [0.25, 0.3) is 0 Å². The van der Waals surface area contributed by atoms with Gasteiger partial charge < -0.3 is 20.4 Å². The van der Waals surface area contributed by atoms with E-state index >= 15 is 0 Å². The Hall–Kier alpha value is -1.20. The van der Waals surface area contributed by atoms with Gasteiger partial charge in [0.1, 0.15) is 0 Å². The molecule has 8 atom stereocenters. The van der Waals surface area contributed by atoms with E-state index in [9.17, 15) is 20.4 Å². The summed E-state index contributed by atoms with van der Waals surface area (Å²) in [6.45, 7) is 39.1. The maximum Gasteiger partial charge on any atom is 0.0568 e. The molecule has 0 radical (unpaired) electrons. The van der Waals surface area contributed by atoms with Crippen LogP contribution in [0.2, 0.25) is 0 Å². The van der Waals surface area contributed by atoms with Crippen LogP contribution in [0.3, 0.4) is 0 Å². The van der Waals surface area contributed by atoms with Crippen LogP contribution in [0.15, 0.2) is 50.6 Å². The van der Waals surface area contributed by atoms with Gasteiger partial charge in [-0.15, -0.1) is 26.3 Å². The minimum absolute atomic E-state index is 0. The van der Waals surface area contributed by atoms with Crippen LogP contribution in [-0.4, -0.2) is 44.8 Å². The van der Waals surface area contributed by atoms with E-state index < -0.39 is 0 Å². The van der Waals surface area contributed by atoms with Crippen LogP contribution in [0.4, 0.5) is 0 Å². The van der Waals surface area contributed by atoms with Crippen LogP contribution < -0.4 is 0 Å². The Labute approximate surface area is 273 Å². The Morgan fingerprint density at radius 2 is 0.465 bits per heavy atom. The molecule has 0 aliphatic heterocycles. The molecule has 0 saturated carbocycles. The van der Waals surface area contributed by atoms with Crippen molar-refractivity contribution in [3.63, 3.8) is 0 Å². The number of rotatable bonds is 16. The zero-order valence-electron chi connectivity index (χ0n) is 28.7. The van der Waals surface area contributed by atoms with Gasteiger partial charge in [-0.05, 0) is 73.0 Å². The fourth-order valence-corrected chi connectivity index (χ4v) is 3.00. The van der Waals surface area contributed by atoms with Crippen molar-refractivity contribution in [3.05, 3.63) is 50.6 Å².